The van der Waals surface area contributed by atoms with Gasteiger partial charge in [0.15, 0.2) is 5.96 Å². The first-order valence-corrected chi connectivity index (χ1v) is 8.64. The molecular weight excluding hydrogens is 451 g/mol. The Labute approximate surface area is 170 Å². The van der Waals surface area contributed by atoms with Gasteiger partial charge in [-0.15, -0.1) is 24.0 Å². The van der Waals surface area contributed by atoms with Crippen LogP contribution in [0.15, 0.2) is 29.3 Å². The third kappa shape index (κ3) is 8.28. The Morgan fingerprint density at radius 2 is 2.31 bits per heavy atom. The van der Waals surface area contributed by atoms with Gasteiger partial charge in [0.1, 0.15) is 0 Å². The van der Waals surface area contributed by atoms with Crippen molar-refractivity contribution in [3.05, 3.63) is 39.9 Å². The number of non-ortho nitro benzene ring substituents is 1. The maximum atomic E-state index is 10.8. The number of nitrogens with zero attached hydrogens (tertiary/aromatic N) is 2. The van der Waals surface area contributed by atoms with Gasteiger partial charge < -0.3 is 20.1 Å². The number of aliphatic imine (C=N–C) groups is 1. The van der Waals surface area contributed by atoms with E-state index in [0.29, 0.717) is 25.7 Å². The van der Waals surface area contributed by atoms with Crippen LogP contribution >= 0.6 is 24.0 Å². The van der Waals surface area contributed by atoms with Gasteiger partial charge in [-0.05, 0) is 25.3 Å². The fourth-order valence-electron chi connectivity index (χ4n) is 2.45. The van der Waals surface area contributed by atoms with Crippen LogP contribution in [0.25, 0.3) is 0 Å². The molecule has 1 aromatic carbocycles. The average molecular weight is 478 g/mol. The Kier molecular flexibility index (Phi) is 11.1. The van der Waals surface area contributed by atoms with Crippen molar-refractivity contribution in [2.75, 3.05) is 32.9 Å². The van der Waals surface area contributed by atoms with Gasteiger partial charge >= 0.3 is 0 Å². The summed E-state index contributed by atoms with van der Waals surface area (Å²) in [7, 11) is 0. The van der Waals surface area contributed by atoms with Gasteiger partial charge in [-0.25, -0.2) is 4.99 Å². The van der Waals surface area contributed by atoms with E-state index in [4.69, 9.17) is 9.47 Å². The molecule has 0 aliphatic carbocycles. The molecule has 1 unspecified atom stereocenters. The van der Waals surface area contributed by atoms with E-state index in [1.807, 2.05) is 13.0 Å². The molecule has 1 saturated heterocycles. The van der Waals surface area contributed by atoms with Crippen molar-refractivity contribution < 1.29 is 14.4 Å². The van der Waals surface area contributed by atoms with E-state index in [9.17, 15) is 10.1 Å². The minimum atomic E-state index is -0.397. The highest BCUT2D eigenvalue weighted by atomic mass is 127. The Morgan fingerprint density at radius 3 is 3.00 bits per heavy atom. The van der Waals surface area contributed by atoms with Crippen molar-refractivity contribution in [2.45, 2.75) is 32.4 Å². The minimum Gasteiger partial charge on any atom is -0.379 e. The largest absolute Gasteiger partial charge is 0.379 e. The monoisotopic (exact) mass is 478 g/mol. The third-order valence-electron chi connectivity index (χ3n) is 3.74. The van der Waals surface area contributed by atoms with Crippen LogP contribution in [-0.2, 0) is 16.0 Å². The zero-order valence-corrected chi connectivity index (χ0v) is 17.3. The molecule has 1 heterocycles. The highest BCUT2D eigenvalue weighted by molar-refractivity contribution is 14.0. The summed E-state index contributed by atoms with van der Waals surface area (Å²) in [5, 5.41) is 17.2. The number of nitro benzene ring substituents is 1. The molecule has 0 spiro atoms. The van der Waals surface area contributed by atoms with Crippen LogP contribution in [0.2, 0.25) is 0 Å². The van der Waals surface area contributed by atoms with Crippen LogP contribution in [0.3, 0.4) is 0 Å². The first-order chi connectivity index (χ1) is 12.2. The highest BCUT2D eigenvalue weighted by Crippen LogP contribution is 2.13. The van der Waals surface area contributed by atoms with Crippen molar-refractivity contribution in [2.24, 2.45) is 4.99 Å². The first-order valence-electron chi connectivity index (χ1n) is 8.64. The molecule has 8 nitrogen and oxygen atoms in total. The lowest BCUT2D eigenvalue weighted by atomic mass is 10.2. The van der Waals surface area contributed by atoms with Gasteiger partial charge in [0.2, 0.25) is 0 Å². The SMILES string of the molecule is CCNC(=NCc1cccc([N+](=O)[O-])c1)NCCCOC1CCOC1.I. The topological polar surface area (TPSA) is 98.0 Å². The second-order valence-corrected chi connectivity index (χ2v) is 5.76. The maximum Gasteiger partial charge on any atom is 0.269 e. The second kappa shape index (κ2) is 12.8. The van der Waals surface area contributed by atoms with Gasteiger partial charge in [-0.1, -0.05) is 12.1 Å². The van der Waals surface area contributed by atoms with Crippen LogP contribution in [0.5, 0.6) is 0 Å². The van der Waals surface area contributed by atoms with E-state index in [-0.39, 0.29) is 35.8 Å². The summed E-state index contributed by atoms with van der Waals surface area (Å²) < 4.78 is 11.0. The molecule has 9 heteroatoms. The fourth-order valence-corrected chi connectivity index (χ4v) is 2.45. The van der Waals surface area contributed by atoms with Crippen molar-refractivity contribution in [3.63, 3.8) is 0 Å². The number of hydrogen-bond acceptors (Lipinski definition) is 5. The van der Waals surface area contributed by atoms with E-state index in [2.05, 4.69) is 15.6 Å². The molecule has 1 atom stereocenters. The standard InChI is InChI=1S/C17H26N4O4.HI/c1-2-18-17(19-8-4-9-25-16-7-10-24-13-16)20-12-14-5-3-6-15(11-14)21(22)23;/h3,5-6,11,16H,2,4,7-10,12-13H2,1H3,(H2,18,19,20);1H. The third-order valence-corrected chi connectivity index (χ3v) is 3.74. The number of rotatable bonds is 9. The van der Waals surface area contributed by atoms with Crippen molar-refractivity contribution in [1.29, 1.82) is 0 Å². The molecule has 1 fully saturated rings. The van der Waals surface area contributed by atoms with Gasteiger partial charge in [0, 0.05) is 38.4 Å². The summed E-state index contributed by atoms with van der Waals surface area (Å²) in [5.74, 6) is 0.693. The van der Waals surface area contributed by atoms with Crippen LogP contribution < -0.4 is 10.6 Å². The molecule has 2 N–H and O–H groups in total. The quantitative estimate of drug-likeness (QED) is 0.141. The molecule has 1 aliphatic rings. The summed E-state index contributed by atoms with van der Waals surface area (Å²) in [5.41, 5.74) is 0.884. The molecular formula is C17H27IN4O4. The molecule has 0 saturated carbocycles. The summed E-state index contributed by atoms with van der Waals surface area (Å²) in [6, 6.07) is 6.53. The van der Waals surface area contributed by atoms with Gasteiger partial charge in [-0.3, -0.25) is 10.1 Å². The number of nitrogens with one attached hydrogen (secondary N) is 2. The number of nitro groups is 1. The van der Waals surface area contributed by atoms with E-state index in [1.165, 1.54) is 6.07 Å². The normalized spacial score (nSPS) is 16.8. The van der Waals surface area contributed by atoms with Crippen molar-refractivity contribution in [1.82, 2.24) is 10.6 Å². The van der Waals surface area contributed by atoms with E-state index >= 15 is 0 Å². The van der Waals surface area contributed by atoms with Crippen LogP contribution in [-0.4, -0.2) is 49.9 Å². The Balaban J connectivity index is 0.00000338. The maximum absolute atomic E-state index is 10.8. The second-order valence-electron chi connectivity index (χ2n) is 5.76. The number of halogens is 1. The zero-order chi connectivity index (χ0) is 17.9. The molecule has 1 aromatic rings. The summed E-state index contributed by atoms with van der Waals surface area (Å²) >= 11 is 0. The van der Waals surface area contributed by atoms with Gasteiger partial charge in [0.25, 0.3) is 5.69 Å². The summed E-state index contributed by atoms with van der Waals surface area (Å²) in [4.78, 5) is 14.9. The van der Waals surface area contributed by atoms with Gasteiger partial charge in [0.05, 0.1) is 24.2 Å². The molecule has 146 valence electrons. The Hall–Kier alpha value is -1.46. The molecule has 0 aromatic heterocycles. The lowest BCUT2D eigenvalue weighted by Gasteiger charge is -2.13. The Bertz CT molecular complexity index is 580. The predicted molar refractivity (Wildman–Crippen MR) is 111 cm³/mol. The van der Waals surface area contributed by atoms with Crippen LogP contribution in [0.1, 0.15) is 25.3 Å². The molecule has 2 rings (SSSR count). The molecule has 0 radical (unpaired) electrons. The van der Waals surface area contributed by atoms with E-state index in [1.54, 1.807) is 12.1 Å². The zero-order valence-electron chi connectivity index (χ0n) is 15.0. The van der Waals surface area contributed by atoms with Gasteiger partial charge in [-0.2, -0.15) is 0 Å². The average Bonchev–Trinajstić information content (AvgIpc) is 3.13. The van der Waals surface area contributed by atoms with Crippen molar-refractivity contribution in [3.8, 4) is 0 Å². The van der Waals surface area contributed by atoms with E-state index < -0.39 is 4.92 Å². The highest BCUT2D eigenvalue weighted by Gasteiger charge is 2.15. The van der Waals surface area contributed by atoms with Crippen molar-refractivity contribution >= 4 is 35.6 Å². The van der Waals surface area contributed by atoms with E-state index in [0.717, 1.165) is 38.1 Å². The lowest BCUT2D eigenvalue weighted by Crippen LogP contribution is -2.38. The number of ether oxygens (including phenoxy) is 2. The number of guanidine groups is 1. The Morgan fingerprint density at radius 1 is 1.46 bits per heavy atom. The molecule has 26 heavy (non-hydrogen) atoms. The smallest absolute Gasteiger partial charge is 0.269 e. The van der Waals surface area contributed by atoms with Crippen LogP contribution in [0.4, 0.5) is 5.69 Å². The minimum absolute atomic E-state index is 0. The molecule has 0 amide bonds. The number of hydrogen-bond donors (Lipinski definition) is 2. The lowest BCUT2D eigenvalue weighted by molar-refractivity contribution is -0.384. The number of benzene rings is 1. The predicted octanol–water partition coefficient (Wildman–Crippen LogP) is 2.46. The summed E-state index contributed by atoms with van der Waals surface area (Å²) in [6.07, 6.45) is 2.08. The van der Waals surface area contributed by atoms with Crippen LogP contribution in [0, 0.1) is 10.1 Å². The molecule has 1 aliphatic heterocycles. The fraction of sp³-hybridized carbons (Fsp3) is 0.588. The molecule has 0 bridgehead atoms. The first kappa shape index (κ1) is 22.6. The summed E-state index contributed by atoms with van der Waals surface area (Å²) in [6.45, 7) is 6.04.